The predicted molar refractivity (Wildman–Crippen MR) is 64.8 cm³/mol. The molecule has 0 amide bonds. The van der Waals surface area contributed by atoms with Gasteiger partial charge in [-0.2, -0.15) is 0 Å². The molecule has 1 aromatic carbocycles. The molecular weight excluding hydrogens is 184 g/mol. The summed E-state index contributed by atoms with van der Waals surface area (Å²) in [6.07, 6.45) is 2.96. The molecule has 0 fully saturated rings. The average Bonchev–Trinajstić information content (AvgIpc) is 2.19. The third-order valence-electron chi connectivity index (χ3n) is 3.19. The first-order chi connectivity index (χ1) is 7.06. The van der Waals surface area contributed by atoms with Crippen LogP contribution < -0.4 is 0 Å². The molecule has 0 heterocycles. The summed E-state index contributed by atoms with van der Waals surface area (Å²) in [5.74, 6) is 0.350. The average molecular weight is 206 g/mol. The van der Waals surface area contributed by atoms with E-state index in [1.807, 2.05) is 25.1 Å². The molecule has 1 N–H and O–H groups in total. The summed E-state index contributed by atoms with van der Waals surface area (Å²) in [5, 5.41) is 10.4. The molecule has 1 heteroatoms. The highest BCUT2D eigenvalue weighted by molar-refractivity contribution is 5.17. The molecule has 0 radical (unpaired) electrons. The molecular formula is C14H22O. The van der Waals surface area contributed by atoms with Crippen LogP contribution in [0.3, 0.4) is 0 Å². The third kappa shape index (κ3) is 3.67. The Hall–Kier alpha value is -0.820. The maximum atomic E-state index is 10.4. The fraction of sp³-hybridized carbons (Fsp3) is 0.571. The van der Waals surface area contributed by atoms with Gasteiger partial charge in [-0.25, -0.2) is 0 Å². The predicted octanol–water partition coefficient (Wildman–Crippen LogP) is 3.42. The van der Waals surface area contributed by atoms with Gasteiger partial charge < -0.3 is 5.11 Å². The van der Waals surface area contributed by atoms with Crippen LogP contribution in [-0.4, -0.2) is 10.7 Å². The van der Waals surface area contributed by atoms with E-state index < -0.39 is 5.60 Å². The summed E-state index contributed by atoms with van der Waals surface area (Å²) in [7, 11) is 0. The maximum absolute atomic E-state index is 10.4. The largest absolute Gasteiger partial charge is 0.390 e. The molecule has 0 saturated carbocycles. The smallest absolute Gasteiger partial charge is 0.0685 e. The number of aliphatic hydroxyl groups is 1. The van der Waals surface area contributed by atoms with Crippen molar-refractivity contribution in [3.63, 3.8) is 0 Å². The van der Waals surface area contributed by atoms with E-state index in [0.29, 0.717) is 5.92 Å². The van der Waals surface area contributed by atoms with Crippen molar-refractivity contribution in [1.29, 1.82) is 0 Å². The van der Waals surface area contributed by atoms with Gasteiger partial charge in [-0.3, -0.25) is 0 Å². The van der Waals surface area contributed by atoms with Crippen LogP contribution in [0.25, 0.3) is 0 Å². The third-order valence-corrected chi connectivity index (χ3v) is 3.19. The zero-order valence-electron chi connectivity index (χ0n) is 10.0. The normalized spacial score (nSPS) is 17.1. The summed E-state index contributed by atoms with van der Waals surface area (Å²) >= 11 is 0. The lowest BCUT2D eigenvalue weighted by Crippen LogP contribution is -2.35. The lowest BCUT2D eigenvalue weighted by Gasteiger charge is -2.30. The summed E-state index contributed by atoms with van der Waals surface area (Å²) < 4.78 is 0. The highest BCUT2D eigenvalue weighted by Crippen LogP contribution is 2.25. The van der Waals surface area contributed by atoms with E-state index in [4.69, 9.17) is 0 Å². The van der Waals surface area contributed by atoms with Crippen molar-refractivity contribution >= 4 is 0 Å². The molecule has 84 valence electrons. The van der Waals surface area contributed by atoms with Crippen LogP contribution >= 0.6 is 0 Å². The Balaban J connectivity index is 2.63. The molecule has 0 aliphatic carbocycles. The molecule has 0 spiro atoms. The SMILES string of the molecule is CCCC(C)C(C)(O)Cc1ccccc1. The second-order valence-electron chi connectivity index (χ2n) is 4.71. The lowest BCUT2D eigenvalue weighted by atomic mass is 9.82. The Morgan fingerprint density at radius 1 is 1.27 bits per heavy atom. The first-order valence-corrected chi connectivity index (χ1v) is 5.82. The first kappa shape index (κ1) is 12.3. The molecule has 0 bridgehead atoms. The van der Waals surface area contributed by atoms with Crippen LogP contribution in [0.2, 0.25) is 0 Å². The van der Waals surface area contributed by atoms with Gasteiger partial charge in [0.1, 0.15) is 0 Å². The topological polar surface area (TPSA) is 20.2 Å². The molecule has 0 aliphatic rings. The summed E-state index contributed by atoms with van der Waals surface area (Å²) in [4.78, 5) is 0. The Kier molecular flexibility index (Phi) is 4.34. The minimum atomic E-state index is -0.586. The van der Waals surface area contributed by atoms with Crippen molar-refractivity contribution in [2.45, 2.75) is 45.6 Å². The van der Waals surface area contributed by atoms with E-state index >= 15 is 0 Å². The van der Waals surface area contributed by atoms with Gasteiger partial charge in [0.15, 0.2) is 0 Å². The molecule has 15 heavy (non-hydrogen) atoms. The van der Waals surface area contributed by atoms with E-state index in [1.165, 1.54) is 5.56 Å². The van der Waals surface area contributed by atoms with E-state index in [1.54, 1.807) is 0 Å². The quantitative estimate of drug-likeness (QED) is 0.782. The highest BCUT2D eigenvalue weighted by Gasteiger charge is 2.27. The van der Waals surface area contributed by atoms with Crippen LogP contribution in [0, 0.1) is 5.92 Å². The van der Waals surface area contributed by atoms with E-state index in [9.17, 15) is 5.11 Å². The van der Waals surface area contributed by atoms with Crippen LogP contribution in [0.1, 0.15) is 39.2 Å². The zero-order chi connectivity index (χ0) is 11.3. The highest BCUT2D eigenvalue weighted by atomic mass is 16.3. The lowest BCUT2D eigenvalue weighted by molar-refractivity contribution is 0.00300. The second-order valence-corrected chi connectivity index (χ2v) is 4.71. The van der Waals surface area contributed by atoms with Gasteiger partial charge in [0.25, 0.3) is 0 Å². The van der Waals surface area contributed by atoms with E-state index in [2.05, 4.69) is 26.0 Å². The van der Waals surface area contributed by atoms with E-state index in [0.717, 1.165) is 19.3 Å². The summed E-state index contributed by atoms with van der Waals surface area (Å²) in [5.41, 5.74) is 0.627. The van der Waals surface area contributed by atoms with Crippen LogP contribution in [0.4, 0.5) is 0 Å². The number of hydrogen-bond acceptors (Lipinski definition) is 1. The standard InChI is InChI=1S/C14H22O/c1-4-8-12(2)14(3,15)11-13-9-6-5-7-10-13/h5-7,9-10,12,15H,4,8,11H2,1-3H3. The van der Waals surface area contributed by atoms with Gasteiger partial charge in [-0.1, -0.05) is 50.6 Å². The molecule has 2 unspecified atom stereocenters. The van der Waals surface area contributed by atoms with Gasteiger partial charge in [0.05, 0.1) is 5.60 Å². The second kappa shape index (κ2) is 5.32. The molecule has 1 rings (SSSR count). The Bertz CT molecular complexity index is 277. The number of hydrogen-bond donors (Lipinski definition) is 1. The molecule has 2 atom stereocenters. The molecule has 0 aromatic heterocycles. The minimum absolute atomic E-state index is 0.350. The zero-order valence-corrected chi connectivity index (χ0v) is 10.0. The van der Waals surface area contributed by atoms with Crippen LogP contribution in [-0.2, 0) is 6.42 Å². The van der Waals surface area contributed by atoms with Crippen molar-refractivity contribution in [1.82, 2.24) is 0 Å². The van der Waals surface area contributed by atoms with Crippen molar-refractivity contribution in [2.24, 2.45) is 5.92 Å². The van der Waals surface area contributed by atoms with Crippen molar-refractivity contribution in [3.05, 3.63) is 35.9 Å². The van der Waals surface area contributed by atoms with Gasteiger partial charge >= 0.3 is 0 Å². The van der Waals surface area contributed by atoms with Crippen molar-refractivity contribution in [2.75, 3.05) is 0 Å². The van der Waals surface area contributed by atoms with Crippen molar-refractivity contribution in [3.8, 4) is 0 Å². The van der Waals surface area contributed by atoms with E-state index in [-0.39, 0.29) is 0 Å². The number of benzene rings is 1. The van der Waals surface area contributed by atoms with Gasteiger partial charge in [0.2, 0.25) is 0 Å². The summed E-state index contributed by atoms with van der Waals surface area (Å²) in [6, 6.07) is 10.2. The van der Waals surface area contributed by atoms with Crippen LogP contribution in [0.5, 0.6) is 0 Å². The molecule has 0 aliphatic heterocycles. The summed E-state index contributed by atoms with van der Waals surface area (Å²) in [6.45, 7) is 6.24. The first-order valence-electron chi connectivity index (χ1n) is 5.82. The molecule has 1 nitrogen and oxygen atoms in total. The Labute approximate surface area is 93.1 Å². The fourth-order valence-corrected chi connectivity index (χ4v) is 1.93. The molecule has 1 aromatic rings. The van der Waals surface area contributed by atoms with Gasteiger partial charge in [-0.15, -0.1) is 0 Å². The van der Waals surface area contributed by atoms with Gasteiger partial charge in [-0.05, 0) is 24.8 Å². The number of rotatable bonds is 5. The molecule has 0 saturated heterocycles. The van der Waals surface area contributed by atoms with Crippen LogP contribution in [0.15, 0.2) is 30.3 Å². The Morgan fingerprint density at radius 3 is 2.40 bits per heavy atom. The minimum Gasteiger partial charge on any atom is -0.390 e. The van der Waals surface area contributed by atoms with Gasteiger partial charge in [0, 0.05) is 6.42 Å². The maximum Gasteiger partial charge on any atom is 0.0685 e. The fourth-order valence-electron chi connectivity index (χ4n) is 1.93. The Morgan fingerprint density at radius 2 is 1.87 bits per heavy atom. The monoisotopic (exact) mass is 206 g/mol. The van der Waals surface area contributed by atoms with Crippen molar-refractivity contribution < 1.29 is 5.11 Å².